The average Bonchev–Trinajstić information content (AvgIpc) is 2.88. The Morgan fingerprint density at radius 3 is 2.47 bits per heavy atom. The van der Waals surface area contributed by atoms with Crippen LogP contribution in [0.3, 0.4) is 0 Å². The van der Waals surface area contributed by atoms with E-state index in [0.29, 0.717) is 5.41 Å². The monoisotopic (exact) mass is 259 g/mol. The second-order valence-corrected chi connectivity index (χ2v) is 5.89. The molecule has 0 aliphatic carbocycles. The lowest BCUT2D eigenvalue weighted by Gasteiger charge is -2.17. The van der Waals surface area contributed by atoms with Gasteiger partial charge in [0.1, 0.15) is 11.4 Å². The number of nitrogens with one attached hydrogen (secondary N) is 1. The summed E-state index contributed by atoms with van der Waals surface area (Å²) in [5, 5.41) is 10.4. The van der Waals surface area contributed by atoms with Gasteiger partial charge in [-0.15, -0.1) is 0 Å². The normalized spacial score (nSPS) is 11.5. The van der Waals surface area contributed by atoms with Gasteiger partial charge in [-0.3, -0.25) is 0 Å². The van der Waals surface area contributed by atoms with Crippen LogP contribution in [-0.4, -0.2) is 22.0 Å². The van der Waals surface area contributed by atoms with Crippen LogP contribution in [0.5, 0.6) is 5.75 Å². The van der Waals surface area contributed by atoms with E-state index in [1.165, 1.54) is 6.42 Å². The predicted octanol–water partition coefficient (Wildman–Crippen LogP) is 3.68. The number of benzene rings is 1. The summed E-state index contributed by atoms with van der Waals surface area (Å²) in [7, 11) is 0. The molecule has 0 fully saturated rings. The summed E-state index contributed by atoms with van der Waals surface area (Å²) in [6.07, 6.45) is 3.96. The number of rotatable bonds is 5. The molecule has 0 saturated carbocycles. The lowest BCUT2D eigenvalue weighted by atomic mass is 9.91. The number of H-pyrrole nitrogens is 1. The molecular formula is C15H21N3O. The van der Waals surface area contributed by atoms with Crippen LogP contribution >= 0.6 is 0 Å². The summed E-state index contributed by atoms with van der Waals surface area (Å²) in [6.45, 7) is 7.51. The minimum Gasteiger partial charge on any atom is -0.494 e. The number of hydrogen-bond donors (Lipinski definition) is 1. The smallest absolute Gasteiger partial charge is 0.119 e. The van der Waals surface area contributed by atoms with Crippen LogP contribution in [0, 0.1) is 5.41 Å². The van der Waals surface area contributed by atoms with Crippen molar-refractivity contribution in [3.8, 4) is 17.0 Å². The summed E-state index contributed by atoms with van der Waals surface area (Å²) in [6, 6.07) is 7.94. The first-order chi connectivity index (χ1) is 9.04. The van der Waals surface area contributed by atoms with E-state index in [2.05, 4.69) is 36.2 Å². The van der Waals surface area contributed by atoms with Crippen molar-refractivity contribution in [1.82, 2.24) is 15.4 Å². The quantitative estimate of drug-likeness (QED) is 0.833. The Bertz CT molecular complexity index is 483. The second kappa shape index (κ2) is 5.87. The zero-order valence-corrected chi connectivity index (χ0v) is 11.8. The molecular weight excluding hydrogens is 238 g/mol. The lowest BCUT2D eigenvalue weighted by Crippen LogP contribution is -2.07. The molecule has 102 valence electrons. The molecule has 1 aromatic heterocycles. The van der Waals surface area contributed by atoms with E-state index in [9.17, 15) is 0 Å². The van der Waals surface area contributed by atoms with Crippen molar-refractivity contribution in [3.63, 3.8) is 0 Å². The van der Waals surface area contributed by atoms with Crippen LogP contribution in [0.25, 0.3) is 11.3 Å². The number of hydrogen-bond acceptors (Lipinski definition) is 3. The maximum absolute atomic E-state index is 5.73. The van der Waals surface area contributed by atoms with Crippen molar-refractivity contribution in [3.05, 3.63) is 30.5 Å². The van der Waals surface area contributed by atoms with E-state index >= 15 is 0 Å². The Kier molecular flexibility index (Phi) is 4.20. The molecule has 0 spiro atoms. The predicted molar refractivity (Wildman–Crippen MR) is 76.0 cm³/mol. The molecule has 0 amide bonds. The number of ether oxygens (including phenoxy) is 1. The van der Waals surface area contributed by atoms with E-state index in [0.717, 1.165) is 30.0 Å². The van der Waals surface area contributed by atoms with E-state index in [-0.39, 0.29) is 0 Å². The molecule has 19 heavy (non-hydrogen) atoms. The average molecular weight is 259 g/mol. The summed E-state index contributed by atoms with van der Waals surface area (Å²) < 4.78 is 5.73. The molecule has 0 atom stereocenters. The van der Waals surface area contributed by atoms with Crippen LogP contribution < -0.4 is 4.74 Å². The highest BCUT2D eigenvalue weighted by molar-refractivity contribution is 5.58. The zero-order valence-electron chi connectivity index (χ0n) is 11.8. The van der Waals surface area contributed by atoms with Crippen molar-refractivity contribution >= 4 is 0 Å². The van der Waals surface area contributed by atoms with Crippen molar-refractivity contribution in [2.45, 2.75) is 33.6 Å². The lowest BCUT2D eigenvalue weighted by molar-refractivity contribution is 0.269. The number of aromatic nitrogens is 3. The Morgan fingerprint density at radius 2 is 1.89 bits per heavy atom. The highest BCUT2D eigenvalue weighted by atomic mass is 16.5. The van der Waals surface area contributed by atoms with Gasteiger partial charge in [-0.2, -0.15) is 15.4 Å². The van der Waals surface area contributed by atoms with Crippen LogP contribution in [0.4, 0.5) is 0 Å². The SMILES string of the molecule is CC(C)(C)CCCOc1ccc(-c2cn[nH]n2)cc1. The number of nitrogens with zero attached hydrogens (tertiary/aromatic N) is 2. The van der Waals surface area contributed by atoms with Gasteiger partial charge in [0.2, 0.25) is 0 Å². The highest BCUT2D eigenvalue weighted by Gasteiger charge is 2.09. The molecule has 1 N–H and O–H groups in total. The first-order valence-electron chi connectivity index (χ1n) is 6.64. The molecule has 0 radical (unpaired) electrons. The number of aromatic amines is 1. The van der Waals surface area contributed by atoms with Crippen LogP contribution in [0.1, 0.15) is 33.6 Å². The van der Waals surface area contributed by atoms with Gasteiger partial charge in [-0.1, -0.05) is 20.8 Å². The molecule has 4 nitrogen and oxygen atoms in total. The molecule has 0 aliphatic heterocycles. The van der Waals surface area contributed by atoms with Gasteiger partial charge in [-0.25, -0.2) is 0 Å². The summed E-state index contributed by atoms with van der Waals surface area (Å²) >= 11 is 0. The topological polar surface area (TPSA) is 50.8 Å². The largest absolute Gasteiger partial charge is 0.494 e. The molecule has 4 heteroatoms. The Balaban J connectivity index is 1.83. The second-order valence-electron chi connectivity index (χ2n) is 5.89. The third kappa shape index (κ3) is 4.39. The Labute approximate surface area is 114 Å². The fraction of sp³-hybridized carbons (Fsp3) is 0.467. The minimum absolute atomic E-state index is 0.375. The van der Waals surface area contributed by atoms with Gasteiger partial charge in [-0.05, 0) is 42.5 Å². The Morgan fingerprint density at radius 1 is 1.16 bits per heavy atom. The van der Waals surface area contributed by atoms with E-state index in [1.54, 1.807) is 6.20 Å². The molecule has 2 aromatic rings. The third-order valence-electron chi connectivity index (χ3n) is 2.90. The van der Waals surface area contributed by atoms with Crippen LogP contribution in [0.2, 0.25) is 0 Å². The van der Waals surface area contributed by atoms with E-state index < -0.39 is 0 Å². The van der Waals surface area contributed by atoms with Gasteiger partial charge in [0.15, 0.2) is 0 Å². The highest BCUT2D eigenvalue weighted by Crippen LogP contribution is 2.22. The van der Waals surface area contributed by atoms with Gasteiger partial charge in [0.05, 0.1) is 12.8 Å². The maximum Gasteiger partial charge on any atom is 0.119 e. The van der Waals surface area contributed by atoms with Crippen molar-refractivity contribution in [2.24, 2.45) is 5.41 Å². The van der Waals surface area contributed by atoms with Gasteiger partial charge in [0.25, 0.3) is 0 Å². The summed E-state index contributed by atoms with van der Waals surface area (Å²) in [5.74, 6) is 0.904. The van der Waals surface area contributed by atoms with Crippen LogP contribution in [-0.2, 0) is 0 Å². The van der Waals surface area contributed by atoms with E-state index in [1.807, 2.05) is 24.3 Å². The van der Waals surface area contributed by atoms with Gasteiger partial charge < -0.3 is 4.74 Å². The molecule has 0 aliphatic rings. The van der Waals surface area contributed by atoms with Crippen molar-refractivity contribution in [2.75, 3.05) is 6.61 Å². The van der Waals surface area contributed by atoms with E-state index in [4.69, 9.17) is 4.74 Å². The maximum atomic E-state index is 5.73. The van der Waals surface area contributed by atoms with Gasteiger partial charge >= 0.3 is 0 Å². The zero-order chi connectivity index (χ0) is 13.7. The fourth-order valence-electron chi connectivity index (χ4n) is 1.86. The third-order valence-corrected chi connectivity index (χ3v) is 2.90. The van der Waals surface area contributed by atoms with Crippen LogP contribution in [0.15, 0.2) is 30.5 Å². The first-order valence-corrected chi connectivity index (χ1v) is 6.64. The molecule has 0 bridgehead atoms. The molecule has 2 rings (SSSR count). The summed E-state index contributed by atoms with van der Waals surface area (Å²) in [5.41, 5.74) is 2.26. The minimum atomic E-state index is 0.375. The molecule has 0 saturated heterocycles. The van der Waals surface area contributed by atoms with Gasteiger partial charge in [0, 0.05) is 5.56 Å². The first kappa shape index (κ1) is 13.6. The van der Waals surface area contributed by atoms with Crippen molar-refractivity contribution in [1.29, 1.82) is 0 Å². The standard InChI is InChI=1S/C15H21N3O/c1-15(2,3)9-4-10-19-13-7-5-12(6-8-13)14-11-16-18-17-14/h5-8,11H,4,9-10H2,1-3H3,(H,16,17,18). The van der Waals surface area contributed by atoms with Crippen molar-refractivity contribution < 1.29 is 4.74 Å². The molecule has 0 unspecified atom stereocenters. The molecule has 1 heterocycles. The fourth-order valence-corrected chi connectivity index (χ4v) is 1.86. The molecule has 1 aromatic carbocycles. The summed E-state index contributed by atoms with van der Waals surface area (Å²) in [4.78, 5) is 0. The Hall–Kier alpha value is -1.84.